The first-order valence-corrected chi connectivity index (χ1v) is 17.0. The molecule has 0 N–H and O–H groups in total. The van der Waals surface area contributed by atoms with Gasteiger partial charge in [-0.25, -0.2) is 0 Å². The van der Waals surface area contributed by atoms with Crippen molar-refractivity contribution in [2.75, 3.05) is 0 Å². The normalized spacial score (nSPS) is 13.9. The Balaban J connectivity index is 1.13. The molecular weight excluding hydrogens is 595 g/mol. The van der Waals surface area contributed by atoms with Crippen molar-refractivity contribution in [3.63, 3.8) is 0 Å². The fourth-order valence-corrected chi connectivity index (χ4v) is 8.45. The Labute approximate surface area is 283 Å². The monoisotopic (exact) mass is 623 g/mol. The number of furan rings is 1. The first-order valence-electron chi connectivity index (χ1n) is 17.0. The van der Waals surface area contributed by atoms with Crippen molar-refractivity contribution in [3.05, 3.63) is 187 Å². The summed E-state index contributed by atoms with van der Waals surface area (Å²) >= 11 is 0. The van der Waals surface area contributed by atoms with Gasteiger partial charge in [0.2, 0.25) is 0 Å². The minimum atomic E-state index is 0.0687. The van der Waals surface area contributed by atoms with E-state index in [9.17, 15) is 0 Å². The summed E-state index contributed by atoms with van der Waals surface area (Å²) in [5, 5.41) is 7.37. The van der Waals surface area contributed by atoms with E-state index < -0.39 is 0 Å². The summed E-state index contributed by atoms with van der Waals surface area (Å²) in [6, 6.07) is 61.9. The maximum atomic E-state index is 6.71. The van der Waals surface area contributed by atoms with Crippen LogP contribution in [0.5, 0.6) is 0 Å². The Morgan fingerprint density at radius 3 is 2.10 bits per heavy atom. The SMILES string of the molecule is c1ccc(-n2c3ccccc3c3cc(-c4ccc5c(c4)-c4ccc6c(oc7ccccc76)c4C5c4ccc5ccccc5c4)ccc32)cc1. The molecule has 0 radical (unpaired) electrons. The topological polar surface area (TPSA) is 18.1 Å². The molecule has 1 aliphatic carbocycles. The molecule has 1 atom stereocenters. The van der Waals surface area contributed by atoms with Crippen LogP contribution in [0.15, 0.2) is 174 Å². The van der Waals surface area contributed by atoms with Gasteiger partial charge >= 0.3 is 0 Å². The summed E-state index contributed by atoms with van der Waals surface area (Å²) in [4.78, 5) is 0. The first kappa shape index (κ1) is 26.7. The zero-order valence-electron chi connectivity index (χ0n) is 26.6. The molecule has 2 nitrogen and oxygen atoms in total. The predicted molar refractivity (Wildman–Crippen MR) is 204 cm³/mol. The molecule has 228 valence electrons. The van der Waals surface area contributed by atoms with E-state index in [0.717, 1.165) is 16.6 Å². The number of aromatic nitrogens is 1. The molecule has 1 unspecified atom stereocenters. The number of nitrogens with zero attached hydrogens (tertiary/aromatic N) is 1. The molecule has 2 aromatic heterocycles. The van der Waals surface area contributed by atoms with E-state index >= 15 is 0 Å². The summed E-state index contributed by atoms with van der Waals surface area (Å²) in [6.45, 7) is 0. The minimum Gasteiger partial charge on any atom is -0.456 e. The van der Waals surface area contributed by atoms with E-state index in [-0.39, 0.29) is 5.92 Å². The Morgan fingerprint density at radius 2 is 1.18 bits per heavy atom. The second-order valence-electron chi connectivity index (χ2n) is 13.3. The van der Waals surface area contributed by atoms with Crippen molar-refractivity contribution in [1.82, 2.24) is 4.57 Å². The second-order valence-corrected chi connectivity index (χ2v) is 13.3. The third-order valence-corrected chi connectivity index (χ3v) is 10.7. The summed E-state index contributed by atoms with van der Waals surface area (Å²) in [5.74, 6) is 0.0687. The summed E-state index contributed by atoms with van der Waals surface area (Å²) in [6.07, 6.45) is 0. The van der Waals surface area contributed by atoms with Crippen LogP contribution in [0.4, 0.5) is 0 Å². The Bertz CT molecular complexity index is 2940. The van der Waals surface area contributed by atoms with Crippen LogP contribution in [0.1, 0.15) is 22.6 Å². The molecule has 0 fully saturated rings. The lowest BCUT2D eigenvalue weighted by Gasteiger charge is -2.16. The van der Waals surface area contributed by atoms with E-state index in [0.29, 0.717) is 0 Å². The number of hydrogen-bond acceptors (Lipinski definition) is 1. The molecule has 2 heterocycles. The molecule has 10 aromatic rings. The third-order valence-electron chi connectivity index (χ3n) is 10.7. The Morgan fingerprint density at radius 1 is 0.449 bits per heavy atom. The lowest BCUT2D eigenvalue weighted by molar-refractivity contribution is 0.662. The van der Waals surface area contributed by atoms with Crippen molar-refractivity contribution in [2.24, 2.45) is 0 Å². The molecule has 0 spiro atoms. The molecule has 49 heavy (non-hydrogen) atoms. The molecule has 8 aromatic carbocycles. The molecule has 0 saturated carbocycles. The van der Waals surface area contributed by atoms with Gasteiger partial charge in [-0.1, -0.05) is 121 Å². The van der Waals surface area contributed by atoms with Gasteiger partial charge in [0.1, 0.15) is 11.2 Å². The maximum absolute atomic E-state index is 6.71. The van der Waals surface area contributed by atoms with Gasteiger partial charge in [-0.3, -0.25) is 0 Å². The van der Waals surface area contributed by atoms with Gasteiger partial charge < -0.3 is 8.98 Å². The molecule has 0 amide bonds. The van der Waals surface area contributed by atoms with Gasteiger partial charge in [-0.2, -0.15) is 0 Å². The van der Waals surface area contributed by atoms with E-state index in [1.54, 1.807) is 0 Å². The lowest BCUT2D eigenvalue weighted by Crippen LogP contribution is -2.00. The highest BCUT2D eigenvalue weighted by Gasteiger charge is 2.34. The van der Waals surface area contributed by atoms with Crippen LogP contribution in [0.25, 0.3) is 82.5 Å². The summed E-state index contributed by atoms with van der Waals surface area (Å²) in [5.41, 5.74) is 14.4. The van der Waals surface area contributed by atoms with Crippen LogP contribution in [0.3, 0.4) is 0 Å². The summed E-state index contributed by atoms with van der Waals surface area (Å²) in [7, 11) is 0. The quantitative estimate of drug-likeness (QED) is 0.191. The zero-order valence-corrected chi connectivity index (χ0v) is 26.6. The zero-order chi connectivity index (χ0) is 32.1. The molecular formula is C47H29NO. The number of fused-ring (bicyclic) bond motifs is 11. The fourth-order valence-electron chi connectivity index (χ4n) is 8.45. The van der Waals surface area contributed by atoms with Gasteiger partial charge in [0.05, 0.1) is 11.0 Å². The lowest BCUT2D eigenvalue weighted by atomic mass is 9.87. The van der Waals surface area contributed by atoms with E-state index in [4.69, 9.17) is 4.42 Å². The highest BCUT2D eigenvalue weighted by molar-refractivity contribution is 6.11. The van der Waals surface area contributed by atoms with Crippen molar-refractivity contribution in [1.29, 1.82) is 0 Å². The average molecular weight is 624 g/mol. The standard InChI is InChI=1S/C47H29NO/c1-2-12-34(13-3-1)48-42-16-8-6-14-35(42)41-28-32(21-25-43(41)48)31-20-22-37-40(27-31)38-23-24-39-36-15-7-9-17-44(36)49-47(39)46(38)45(37)33-19-18-29-10-4-5-11-30(29)26-33/h1-28,45H. The summed E-state index contributed by atoms with van der Waals surface area (Å²) < 4.78 is 9.08. The molecule has 0 aliphatic heterocycles. The molecule has 0 saturated heterocycles. The Kier molecular flexibility index (Phi) is 5.47. The molecule has 0 bridgehead atoms. The minimum absolute atomic E-state index is 0.0687. The van der Waals surface area contributed by atoms with Gasteiger partial charge in [-0.15, -0.1) is 0 Å². The largest absolute Gasteiger partial charge is 0.456 e. The second kappa shape index (κ2) is 10.1. The predicted octanol–water partition coefficient (Wildman–Crippen LogP) is 12.7. The number of benzene rings is 8. The van der Waals surface area contributed by atoms with Crippen LogP contribution in [-0.2, 0) is 0 Å². The van der Waals surface area contributed by atoms with E-state index in [1.807, 2.05) is 0 Å². The Hall–Kier alpha value is -6.38. The smallest absolute Gasteiger partial charge is 0.140 e. The first-order chi connectivity index (χ1) is 24.3. The highest BCUT2D eigenvalue weighted by Crippen LogP contribution is 2.53. The van der Waals surface area contributed by atoms with Crippen molar-refractivity contribution >= 4 is 54.5 Å². The third kappa shape index (κ3) is 3.83. The molecule has 11 rings (SSSR count). The number of hydrogen-bond donors (Lipinski definition) is 0. The van der Waals surface area contributed by atoms with Gasteiger partial charge in [0.15, 0.2) is 0 Å². The van der Waals surface area contributed by atoms with Crippen molar-refractivity contribution < 1.29 is 4.42 Å². The highest BCUT2D eigenvalue weighted by atomic mass is 16.3. The van der Waals surface area contributed by atoms with Gasteiger partial charge in [0.25, 0.3) is 0 Å². The fraction of sp³-hybridized carbons (Fsp3) is 0.0213. The van der Waals surface area contributed by atoms with Crippen molar-refractivity contribution in [3.8, 4) is 27.9 Å². The van der Waals surface area contributed by atoms with Crippen molar-refractivity contribution in [2.45, 2.75) is 5.92 Å². The number of para-hydroxylation sites is 3. The van der Waals surface area contributed by atoms with Gasteiger partial charge in [-0.05, 0) is 92.7 Å². The van der Waals surface area contributed by atoms with E-state index in [2.05, 4.69) is 174 Å². The van der Waals surface area contributed by atoms with E-state index in [1.165, 1.54) is 82.6 Å². The molecule has 2 heteroatoms. The van der Waals surface area contributed by atoms with Crippen LogP contribution in [0, 0.1) is 0 Å². The van der Waals surface area contributed by atoms with Gasteiger partial charge in [0, 0.05) is 38.7 Å². The van der Waals surface area contributed by atoms with Crippen LogP contribution in [-0.4, -0.2) is 4.57 Å². The van der Waals surface area contributed by atoms with Crippen LogP contribution < -0.4 is 0 Å². The average Bonchev–Trinajstić information content (AvgIpc) is 3.82. The number of rotatable bonds is 3. The molecule has 1 aliphatic rings. The maximum Gasteiger partial charge on any atom is 0.140 e. The van der Waals surface area contributed by atoms with Crippen LogP contribution in [0.2, 0.25) is 0 Å². The van der Waals surface area contributed by atoms with Crippen LogP contribution >= 0.6 is 0 Å².